The first-order valence-electron chi connectivity index (χ1n) is 5.21. The number of hydrogen-bond donors (Lipinski definition) is 0. The van der Waals surface area contributed by atoms with Gasteiger partial charge in [0.2, 0.25) is 0 Å². The highest BCUT2D eigenvalue weighted by atomic mass is 35.5. The normalized spacial score (nSPS) is 11.3. The maximum Gasteiger partial charge on any atom is 0.269 e. The molecule has 0 fully saturated rings. The molecule has 0 saturated heterocycles. The average molecular weight is 261 g/mol. The van der Waals surface area contributed by atoms with Gasteiger partial charge in [-0.2, -0.15) is 0 Å². The van der Waals surface area contributed by atoms with Crippen LogP contribution in [0.25, 0.3) is 0 Å². The number of para-hydroxylation sites is 1. The second-order valence-corrected chi connectivity index (χ2v) is 3.90. The highest BCUT2D eigenvalue weighted by Crippen LogP contribution is 2.17. The highest BCUT2D eigenvalue weighted by Gasteiger charge is 2.06. The molecule has 0 aromatic heterocycles. The van der Waals surface area contributed by atoms with Crippen molar-refractivity contribution < 1.29 is 4.92 Å². The van der Waals surface area contributed by atoms with Crippen molar-refractivity contribution in [2.45, 2.75) is 0 Å². The van der Waals surface area contributed by atoms with E-state index in [1.807, 2.05) is 30.3 Å². The van der Waals surface area contributed by atoms with Crippen molar-refractivity contribution in [2.24, 2.45) is 4.99 Å². The molecule has 0 heterocycles. The lowest BCUT2D eigenvalue weighted by molar-refractivity contribution is -0.384. The highest BCUT2D eigenvalue weighted by molar-refractivity contribution is 6.69. The van der Waals surface area contributed by atoms with Crippen LogP contribution in [0.4, 0.5) is 11.4 Å². The maximum absolute atomic E-state index is 10.5. The van der Waals surface area contributed by atoms with Crippen LogP contribution in [0.5, 0.6) is 0 Å². The SMILES string of the molecule is O=[N+]([O-])c1ccc(C(Cl)=Nc2ccccc2)cc1. The third-order valence-electron chi connectivity index (χ3n) is 2.30. The van der Waals surface area contributed by atoms with E-state index in [1.165, 1.54) is 12.1 Å². The van der Waals surface area contributed by atoms with Crippen LogP contribution < -0.4 is 0 Å². The smallest absolute Gasteiger partial charge is 0.258 e. The molecule has 0 amide bonds. The van der Waals surface area contributed by atoms with E-state index in [9.17, 15) is 10.1 Å². The molecule has 2 aromatic carbocycles. The number of nitrogens with zero attached hydrogens (tertiary/aromatic N) is 2. The lowest BCUT2D eigenvalue weighted by Gasteiger charge is -1.99. The average Bonchev–Trinajstić information content (AvgIpc) is 2.40. The van der Waals surface area contributed by atoms with Crippen LogP contribution in [0.15, 0.2) is 59.6 Å². The number of aliphatic imine (C=N–C) groups is 1. The van der Waals surface area contributed by atoms with Crippen LogP contribution in [0, 0.1) is 10.1 Å². The summed E-state index contributed by atoms with van der Waals surface area (Å²) in [7, 11) is 0. The topological polar surface area (TPSA) is 55.5 Å². The van der Waals surface area contributed by atoms with E-state index in [1.54, 1.807) is 12.1 Å². The molecule has 0 radical (unpaired) electrons. The first-order valence-corrected chi connectivity index (χ1v) is 5.58. The number of non-ortho nitro benzene ring substituents is 1. The van der Waals surface area contributed by atoms with Crippen LogP contribution >= 0.6 is 11.6 Å². The second kappa shape index (κ2) is 5.42. The van der Waals surface area contributed by atoms with Crippen LogP contribution in [-0.2, 0) is 0 Å². The Morgan fingerprint density at radius 2 is 1.67 bits per heavy atom. The third kappa shape index (κ3) is 2.93. The van der Waals surface area contributed by atoms with Crippen molar-refractivity contribution in [3.8, 4) is 0 Å². The fourth-order valence-corrected chi connectivity index (χ4v) is 1.62. The molecule has 0 aliphatic carbocycles. The van der Waals surface area contributed by atoms with Gasteiger partial charge in [0.15, 0.2) is 0 Å². The minimum Gasteiger partial charge on any atom is -0.258 e. The molecule has 0 aliphatic rings. The number of benzene rings is 2. The van der Waals surface area contributed by atoms with Gasteiger partial charge in [0.25, 0.3) is 5.69 Å². The van der Waals surface area contributed by atoms with Gasteiger partial charge in [-0.15, -0.1) is 0 Å². The summed E-state index contributed by atoms with van der Waals surface area (Å²) >= 11 is 6.05. The van der Waals surface area contributed by atoms with E-state index >= 15 is 0 Å². The minimum absolute atomic E-state index is 0.0305. The molecular formula is C13H9ClN2O2. The predicted octanol–water partition coefficient (Wildman–Crippen LogP) is 3.91. The summed E-state index contributed by atoms with van der Waals surface area (Å²) < 4.78 is 0. The Kier molecular flexibility index (Phi) is 3.69. The molecule has 5 heteroatoms. The molecule has 2 aromatic rings. The Morgan fingerprint density at radius 1 is 1.06 bits per heavy atom. The van der Waals surface area contributed by atoms with Crippen molar-refractivity contribution in [2.75, 3.05) is 0 Å². The number of hydrogen-bond acceptors (Lipinski definition) is 3. The standard InChI is InChI=1S/C13H9ClN2O2/c14-13(15-11-4-2-1-3-5-11)10-6-8-12(9-7-10)16(17)18/h1-9H. The molecule has 2 rings (SSSR count). The molecule has 18 heavy (non-hydrogen) atoms. The van der Waals surface area contributed by atoms with E-state index in [4.69, 9.17) is 11.6 Å². The first-order chi connectivity index (χ1) is 8.66. The van der Waals surface area contributed by atoms with Gasteiger partial charge in [0.05, 0.1) is 10.6 Å². The molecule has 0 aliphatic heterocycles. The van der Waals surface area contributed by atoms with E-state index in [0.717, 1.165) is 5.69 Å². The Labute approximate surface area is 109 Å². The summed E-state index contributed by atoms with van der Waals surface area (Å²) in [6.45, 7) is 0. The zero-order chi connectivity index (χ0) is 13.0. The molecule has 90 valence electrons. The van der Waals surface area contributed by atoms with E-state index < -0.39 is 4.92 Å². The molecule has 4 nitrogen and oxygen atoms in total. The van der Waals surface area contributed by atoms with E-state index in [-0.39, 0.29) is 5.69 Å². The maximum atomic E-state index is 10.5. The Morgan fingerprint density at radius 3 is 2.22 bits per heavy atom. The van der Waals surface area contributed by atoms with Gasteiger partial charge in [-0.1, -0.05) is 29.8 Å². The fraction of sp³-hybridized carbons (Fsp3) is 0. The van der Waals surface area contributed by atoms with Crippen LogP contribution in [-0.4, -0.2) is 10.1 Å². The van der Waals surface area contributed by atoms with Crippen LogP contribution in [0.3, 0.4) is 0 Å². The summed E-state index contributed by atoms with van der Waals surface area (Å²) in [5.41, 5.74) is 1.41. The Hall–Kier alpha value is -2.20. The Bertz CT molecular complexity index is 580. The van der Waals surface area contributed by atoms with Crippen LogP contribution in [0.1, 0.15) is 5.56 Å². The van der Waals surface area contributed by atoms with Crippen LogP contribution in [0.2, 0.25) is 0 Å². The molecular weight excluding hydrogens is 252 g/mol. The number of nitro groups is 1. The number of halogens is 1. The van der Waals surface area contributed by atoms with Crippen molar-refractivity contribution in [3.05, 3.63) is 70.3 Å². The summed E-state index contributed by atoms with van der Waals surface area (Å²) in [6, 6.07) is 15.2. The van der Waals surface area contributed by atoms with E-state index in [2.05, 4.69) is 4.99 Å². The largest absolute Gasteiger partial charge is 0.269 e. The van der Waals surface area contributed by atoms with Gasteiger partial charge >= 0.3 is 0 Å². The Balaban J connectivity index is 2.26. The molecule has 0 N–H and O–H groups in total. The van der Waals surface area contributed by atoms with Gasteiger partial charge in [0, 0.05) is 17.7 Å². The zero-order valence-corrected chi connectivity index (χ0v) is 10.0. The first kappa shape index (κ1) is 12.3. The third-order valence-corrected chi connectivity index (χ3v) is 2.60. The molecule has 0 bridgehead atoms. The van der Waals surface area contributed by atoms with Gasteiger partial charge in [-0.05, 0) is 24.3 Å². The van der Waals surface area contributed by atoms with Gasteiger partial charge in [-0.3, -0.25) is 10.1 Å². The number of rotatable bonds is 3. The van der Waals surface area contributed by atoms with Crippen molar-refractivity contribution in [1.29, 1.82) is 0 Å². The summed E-state index contributed by atoms with van der Waals surface area (Å²) in [5.74, 6) is 0. The fourth-order valence-electron chi connectivity index (χ4n) is 1.40. The van der Waals surface area contributed by atoms with Gasteiger partial charge < -0.3 is 0 Å². The van der Waals surface area contributed by atoms with Crippen molar-refractivity contribution >= 4 is 28.1 Å². The lowest BCUT2D eigenvalue weighted by atomic mass is 10.2. The lowest BCUT2D eigenvalue weighted by Crippen LogP contribution is -1.92. The summed E-state index contributed by atoms with van der Waals surface area (Å²) in [6.07, 6.45) is 0. The monoisotopic (exact) mass is 260 g/mol. The van der Waals surface area contributed by atoms with Crippen molar-refractivity contribution in [1.82, 2.24) is 0 Å². The zero-order valence-electron chi connectivity index (χ0n) is 9.29. The van der Waals surface area contributed by atoms with E-state index in [0.29, 0.717) is 10.7 Å². The summed E-state index contributed by atoms with van der Waals surface area (Å²) in [4.78, 5) is 14.3. The molecule has 0 unspecified atom stereocenters. The quantitative estimate of drug-likeness (QED) is 0.477. The predicted molar refractivity (Wildman–Crippen MR) is 71.6 cm³/mol. The van der Waals surface area contributed by atoms with Crippen molar-refractivity contribution in [3.63, 3.8) is 0 Å². The molecule has 0 saturated carbocycles. The van der Waals surface area contributed by atoms with Gasteiger partial charge in [-0.25, -0.2) is 4.99 Å². The number of nitro benzene ring substituents is 1. The molecule has 0 atom stereocenters. The second-order valence-electron chi connectivity index (χ2n) is 3.54. The summed E-state index contributed by atoms with van der Waals surface area (Å²) in [5, 5.41) is 10.8. The molecule has 0 spiro atoms. The van der Waals surface area contributed by atoms with Gasteiger partial charge in [0.1, 0.15) is 5.17 Å². The minimum atomic E-state index is -0.452.